The summed E-state index contributed by atoms with van der Waals surface area (Å²) in [6.07, 6.45) is 0.885. The summed E-state index contributed by atoms with van der Waals surface area (Å²) in [4.78, 5) is 11.8. The van der Waals surface area contributed by atoms with E-state index < -0.39 is 0 Å². The quantitative estimate of drug-likeness (QED) is 0.834. The van der Waals surface area contributed by atoms with E-state index in [1.54, 1.807) is 25.3 Å². The molecule has 1 aromatic rings. The van der Waals surface area contributed by atoms with Gasteiger partial charge in [-0.1, -0.05) is 6.07 Å². The van der Waals surface area contributed by atoms with Crippen LogP contribution in [0, 0.1) is 0 Å². The summed E-state index contributed by atoms with van der Waals surface area (Å²) in [7, 11) is 1.59. The molecule has 1 aliphatic rings. The van der Waals surface area contributed by atoms with Crippen LogP contribution in [-0.2, 0) is 4.74 Å². The standard InChI is InChI=1S/C12H15NO3/c1-15-11-4-2-3-9(7-11)12(14)13-10-5-6-16-8-10/h2-4,7,10H,5-6,8H2,1H3,(H,13,14). The Labute approximate surface area is 94.6 Å². The topological polar surface area (TPSA) is 47.6 Å². The second kappa shape index (κ2) is 4.99. The zero-order chi connectivity index (χ0) is 11.4. The van der Waals surface area contributed by atoms with Crippen molar-refractivity contribution in [2.24, 2.45) is 0 Å². The maximum absolute atomic E-state index is 11.8. The van der Waals surface area contributed by atoms with Crippen molar-refractivity contribution in [3.05, 3.63) is 29.8 Å². The van der Waals surface area contributed by atoms with Gasteiger partial charge in [-0.25, -0.2) is 0 Å². The number of methoxy groups -OCH3 is 1. The first-order valence-electron chi connectivity index (χ1n) is 5.32. The van der Waals surface area contributed by atoms with Gasteiger partial charge >= 0.3 is 0 Å². The molecule has 1 heterocycles. The van der Waals surface area contributed by atoms with Crippen LogP contribution in [0.15, 0.2) is 24.3 Å². The second-order valence-electron chi connectivity index (χ2n) is 3.77. The Balaban J connectivity index is 2.01. The highest BCUT2D eigenvalue weighted by molar-refractivity contribution is 5.94. The molecular formula is C12H15NO3. The number of ether oxygens (including phenoxy) is 2. The Morgan fingerprint density at radius 1 is 1.56 bits per heavy atom. The second-order valence-corrected chi connectivity index (χ2v) is 3.77. The Morgan fingerprint density at radius 3 is 3.12 bits per heavy atom. The van der Waals surface area contributed by atoms with Crippen molar-refractivity contribution < 1.29 is 14.3 Å². The van der Waals surface area contributed by atoms with Crippen molar-refractivity contribution in [1.29, 1.82) is 0 Å². The summed E-state index contributed by atoms with van der Waals surface area (Å²) in [5.41, 5.74) is 0.617. The van der Waals surface area contributed by atoms with Crippen LogP contribution in [0.3, 0.4) is 0 Å². The molecule has 1 N–H and O–H groups in total. The molecule has 0 aliphatic carbocycles. The largest absolute Gasteiger partial charge is 0.497 e. The van der Waals surface area contributed by atoms with Crippen LogP contribution < -0.4 is 10.1 Å². The number of hydrogen-bond donors (Lipinski definition) is 1. The molecule has 1 atom stereocenters. The van der Waals surface area contributed by atoms with Crippen molar-refractivity contribution in [3.8, 4) is 5.75 Å². The minimum atomic E-state index is -0.0746. The van der Waals surface area contributed by atoms with Gasteiger partial charge < -0.3 is 14.8 Å². The van der Waals surface area contributed by atoms with E-state index in [1.165, 1.54) is 0 Å². The molecule has 0 saturated carbocycles. The van der Waals surface area contributed by atoms with E-state index in [4.69, 9.17) is 9.47 Å². The maximum Gasteiger partial charge on any atom is 0.251 e. The fourth-order valence-corrected chi connectivity index (χ4v) is 1.68. The molecule has 1 aromatic carbocycles. The minimum absolute atomic E-state index is 0.0746. The van der Waals surface area contributed by atoms with Crippen molar-refractivity contribution in [1.82, 2.24) is 5.32 Å². The molecule has 1 fully saturated rings. The highest BCUT2D eigenvalue weighted by Crippen LogP contribution is 2.13. The van der Waals surface area contributed by atoms with E-state index in [9.17, 15) is 4.79 Å². The fraction of sp³-hybridized carbons (Fsp3) is 0.417. The summed E-state index contributed by atoms with van der Waals surface area (Å²) in [5, 5.41) is 2.93. The van der Waals surface area contributed by atoms with Crippen molar-refractivity contribution in [3.63, 3.8) is 0 Å². The zero-order valence-corrected chi connectivity index (χ0v) is 9.23. The van der Waals surface area contributed by atoms with Gasteiger partial charge in [0.15, 0.2) is 0 Å². The number of carbonyl (C=O) groups is 1. The van der Waals surface area contributed by atoms with Crippen LogP contribution in [0.5, 0.6) is 5.75 Å². The number of hydrogen-bond acceptors (Lipinski definition) is 3. The van der Waals surface area contributed by atoms with E-state index in [0.717, 1.165) is 13.0 Å². The smallest absolute Gasteiger partial charge is 0.251 e. The first-order chi connectivity index (χ1) is 7.79. The Bertz CT molecular complexity index is 372. The summed E-state index contributed by atoms with van der Waals surface area (Å²) in [6.45, 7) is 1.33. The minimum Gasteiger partial charge on any atom is -0.497 e. The number of nitrogens with one attached hydrogen (secondary N) is 1. The average molecular weight is 221 g/mol. The van der Waals surface area contributed by atoms with Gasteiger partial charge in [0.2, 0.25) is 0 Å². The van der Waals surface area contributed by atoms with E-state index in [-0.39, 0.29) is 11.9 Å². The lowest BCUT2D eigenvalue weighted by molar-refractivity contribution is 0.0929. The molecule has 86 valence electrons. The third-order valence-corrected chi connectivity index (χ3v) is 2.60. The summed E-state index contributed by atoms with van der Waals surface area (Å²) in [6, 6.07) is 7.26. The lowest BCUT2D eigenvalue weighted by Gasteiger charge is -2.11. The van der Waals surface area contributed by atoms with Crippen molar-refractivity contribution >= 4 is 5.91 Å². The number of carbonyl (C=O) groups excluding carboxylic acids is 1. The van der Waals surface area contributed by atoms with Crippen LogP contribution in [-0.4, -0.2) is 32.3 Å². The van der Waals surface area contributed by atoms with Crippen molar-refractivity contribution in [2.75, 3.05) is 20.3 Å². The number of benzene rings is 1. The summed E-state index contributed by atoms with van der Waals surface area (Å²) in [5.74, 6) is 0.615. The molecule has 2 rings (SSSR count). The third kappa shape index (κ3) is 2.52. The van der Waals surface area contributed by atoms with Gasteiger partial charge in [0.1, 0.15) is 5.75 Å². The number of amides is 1. The lowest BCUT2D eigenvalue weighted by atomic mass is 10.2. The first kappa shape index (κ1) is 11.0. The molecule has 1 amide bonds. The van der Waals surface area contributed by atoms with Gasteiger partial charge in [0.25, 0.3) is 5.91 Å². The Morgan fingerprint density at radius 2 is 2.44 bits per heavy atom. The maximum atomic E-state index is 11.8. The first-order valence-corrected chi connectivity index (χ1v) is 5.32. The van der Waals surface area contributed by atoms with E-state index in [0.29, 0.717) is 17.9 Å². The molecule has 0 radical (unpaired) electrons. The van der Waals surface area contributed by atoms with Gasteiger partial charge in [-0.2, -0.15) is 0 Å². The fourth-order valence-electron chi connectivity index (χ4n) is 1.68. The van der Waals surface area contributed by atoms with Crippen LogP contribution in [0.2, 0.25) is 0 Å². The molecule has 1 aliphatic heterocycles. The van der Waals surface area contributed by atoms with E-state index >= 15 is 0 Å². The van der Waals surface area contributed by atoms with Gasteiger partial charge in [0, 0.05) is 12.2 Å². The molecule has 4 nitrogen and oxygen atoms in total. The highest BCUT2D eigenvalue weighted by Gasteiger charge is 2.18. The molecule has 1 unspecified atom stereocenters. The molecule has 4 heteroatoms. The molecule has 16 heavy (non-hydrogen) atoms. The normalized spacial score (nSPS) is 19.4. The summed E-state index contributed by atoms with van der Waals surface area (Å²) < 4.78 is 10.3. The lowest BCUT2D eigenvalue weighted by Crippen LogP contribution is -2.34. The third-order valence-electron chi connectivity index (χ3n) is 2.60. The van der Waals surface area contributed by atoms with Gasteiger partial charge in [0.05, 0.1) is 19.8 Å². The van der Waals surface area contributed by atoms with Gasteiger partial charge in [-0.15, -0.1) is 0 Å². The zero-order valence-electron chi connectivity index (χ0n) is 9.23. The predicted molar refractivity (Wildman–Crippen MR) is 59.7 cm³/mol. The van der Waals surface area contributed by atoms with Crippen LogP contribution >= 0.6 is 0 Å². The van der Waals surface area contributed by atoms with Crippen LogP contribution in [0.4, 0.5) is 0 Å². The van der Waals surface area contributed by atoms with Crippen LogP contribution in [0.1, 0.15) is 16.8 Å². The van der Waals surface area contributed by atoms with E-state index in [1.807, 2.05) is 6.07 Å². The highest BCUT2D eigenvalue weighted by atomic mass is 16.5. The Kier molecular flexibility index (Phi) is 3.41. The Hall–Kier alpha value is -1.55. The van der Waals surface area contributed by atoms with E-state index in [2.05, 4.69) is 5.32 Å². The molecular weight excluding hydrogens is 206 g/mol. The number of rotatable bonds is 3. The molecule has 0 spiro atoms. The monoisotopic (exact) mass is 221 g/mol. The predicted octanol–water partition coefficient (Wildman–Crippen LogP) is 1.21. The van der Waals surface area contributed by atoms with Gasteiger partial charge in [-0.3, -0.25) is 4.79 Å². The summed E-state index contributed by atoms with van der Waals surface area (Å²) >= 11 is 0. The van der Waals surface area contributed by atoms with Crippen molar-refractivity contribution in [2.45, 2.75) is 12.5 Å². The molecule has 0 aromatic heterocycles. The van der Waals surface area contributed by atoms with Gasteiger partial charge in [-0.05, 0) is 24.6 Å². The average Bonchev–Trinajstić information content (AvgIpc) is 2.82. The molecule has 1 saturated heterocycles. The molecule has 0 bridgehead atoms. The SMILES string of the molecule is COc1cccc(C(=O)NC2CCOC2)c1. The van der Waals surface area contributed by atoms with Crippen LogP contribution in [0.25, 0.3) is 0 Å².